The Kier molecular flexibility index (Phi) is 4.32. The zero-order valence-corrected chi connectivity index (χ0v) is 12.0. The molecule has 0 saturated heterocycles. The number of halogens is 2. The third-order valence-electron chi connectivity index (χ3n) is 2.53. The second kappa shape index (κ2) is 5.98. The largest absolute Gasteiger partial charge is 0.495 e. The van der Waals surface area contributed by atoms with Crippen molar-refractivity contribution in [2.75, 3.05) is 18.2 Å². The van der Waals surface area contributed by atoms with Crippen LogP contribution in [0.25, 0.3) is 0 Å². The fourth-order valence-corrected chi connectivity index (χ4v) is 1.95. The second-order valence-electron chi connectivity index (χ2n) is 3.89. The van der Waals surface area contributed by atoms with Crippen LogP contribution in [0.3, 0.4) is 0 Å². The Morgan fingerprint density at radius 1 is 1.30 bits per heavy atom. The molecule has 0 radical (unpaired) electrons. The summed E-state index contributed by atoms with van der Waals surface area (Å²) in [6.45, 7) is 0. The molecule has 1 amide bonds. The molecule has 0 aliphatic rings. The van der Waals surface area contributed by atoms with Crippen molar-refractivity contribution in [2.24, 2.45) is 0 Å². The van der Waals surface area contributed by atoms with Crippen molar-refractivity contribution in [3.8, 4) is 5.75 Å². The van der Waals surface area contributed by atoms with Crippen molar-refractivity contribution in [3.63, 3.8) is 0 Å². The normalized spacial score (nSPS) is 10.2. The van der Waals surface area contributed by atoms with Crippen LogP contribution in [0.2, 0.25) is 10.0 Å². The van der Waals surface area contributed by atoms with E-state index in [4.69, 9.17) is 33.7 Å². The highest BCUT2D eigenvalue weighted by Gasteiger charge is 2.12. The van der Waals surface area contributed by atoms with Crippen LogP contribution in [-0.4, -0.2) is 18.0 Å². The molecule has 0 spiro atoms. The molecule has 0 atom stereocenters. The standard InChI is InChI=1S/C13H11Cl2N3O2/c1-20-11-4-7(2-3-9(11)14)18-13(19)8-5-12(16)17-6-10(8)15/h2-6H,1H3,(H2,16,17)(H,18,19). The van der Waals surface area contributed by atoms with E-state index < -0.39 is 5.91 Å². The highest BCUT2D eigenvalue weighted by atomic mass is 35.5. The second-order valence-corrected chi connectivity index (χ2v) is 4.71. The number of carbonyl (C=O) groups excluding carboxylic acids is 1. The van der Waals surface area contributed by atoms with Crippen LogP contribution in [0.15, 0.2) is 30.5 Å². The number of nitrogens with one attached hydrogen (secondary N) is 1. The summed E-state index contributed by atoms with van der Waals surface area (Å²) < 4.78 is 5.08. The number of ether oxygens (including phenoxy) is 1. The van der Waals surface area contributed by atoms with Gasteiger partial charge in [-0.05, 0) is 18.2 Å². The summed E-state index contributed by atoms with van der Waals surface area (Å²) in [5, 5.41) is 3.36. The predicted molar refractivity (Wildman–Crippen MR) is 79.6 cm³/mol. The molecule has 0 aliphatic heterocycles. The Balaban J connectivity index is 2.25. The Hall–Kier alpha value is -1.98. The van der Waals surface area contributed by atoms with E-state index in [0.717, 1.165) is 0 Å². The van der Waals surface area contributed by atoms with Crippen molar-refractivity contribution in [1.82, 2.24) is 4.98 Å². The molecule has 0 bridgehead atoms. The van der Waals surface area contributed by atoms with E-state index in [1.54, 1.807) is 18.2 Å². The van der Waals surface area contributed by atoms with Gasteiger partial charge in [-0.15, -0.1) is 0 Å². The van der Waals surface area contributed by atoms with E-state index in [1.807, 2.05) is 0 Å². The molecule has 7 heteroatoms. The lowest BCUT2D eigenvalue weighted by Gasteiger charge is -2.09. The highest BCUT2D eigenvalue weighted by molar-refractivity contribution is 6.34. The maximum absolute atomic E-state index is 12.1. The van der Waals surface area contributed by atoms with Gasteiger partial charge in [-0.3, -0.25) is 4.79 Å². The molecule has 104 valence electrons. The van der Waals surface area contributed by atoms with Crippen LogP contribution >= 0.6 is 23.2 Å². The molecule has 20 heavy (non-hydrogen) atoms. The van der Waals surface area contributed by atoms with Gasteiger partial charge in [0.2, 0.25) is 0 Å². The summed E-state index contributed by atoms with van der Waals surface area (Å²) >= 11 is 11.8. The summed E-state index contributed by atoms with van der Waals surface area (Å²) in [7, 11) is 1.49. The number of aromatic nitrogens is 1. The smallest absolute Gasteiger partial charge is 0.257 e. The van der Waals surface area contributed by atoms with Crippen LogP contribution in [0.4, 0.5) is 11.5 Å². The van der Waals surface area contributed by atoms with Crippen LogP contribution in [-0.2, 0) is 0 Å². The molecule has 0 fully saturated rings. The monoisotopic (exact) mass is 311 g/mol. The maximum atomic E-state index is 12.1. The van der Waals surface area contributed by atoms with Crippen molar-refractivity contribution < 1.29 is 9.53 Å². The van der Waals surface area contributed by atoms with Gasteiger partial charge in [-0.2, -0.15) is 0 Å². The molecular formula is C13H11Cl2N3O2. The lowest BCUT2D eigenvalue weighted by molar-refractivity contribution is 0.102. The van der Waals surface area contributed by atoms with Crippen LogP contribution < -0.4 is 15.8 Å². The first-order valence-corrected chi connectivity index (χ1v) is 6.32. The quantitative estimate of drug-likeness (QED) is 0.912. The molecule has 0 aliphatic carbocycles. The van der Waals surface area contributed by atoms with Crippen molar-refractivity contribution >= 4 is 40.6 Å². The van der Waals surface area contributed by atoms with E-state index in [1.165, 1.54) is 19.4 Å². The first-order chi connectivity index (χ1) is 9.51. The molecule has 0 unspecified atom stereocenters. The lowest BCUT2D eigenvalue weighted by Crippen LogP contribution is -2.13. The zero-order chi connectivity index (χ0) is 14.7. The number of anilines is 2. The summed E-state index contributed by atoms with van der Waals surface area (Å²) in [6, 6.07) is 6.29. The molecular weight excluding hydrogens is 301 g/mol. The SMILES string of the molecule is COc1cc(NC(=O)c2cc(N)ncc2Cl)ccc1Cl. The average molecular weight is 312 g/mol. The minimum Gasteiger partial charge on any atom is -0.495 e. The average Bonchev–Trinajstić information content (AvgIpc) is 2.43. The molecule has 1 aromatic heterocycles. The van der Waals surface area contributed by atoms with E-state index in [0.29, 0.717) is 16.5 Å². The Morgan fingerprint density at radius 3 is 2.75 bits per heavy atom. The third kappa shape index (κ3) is 3.12. The summed E-state index contributed by atoms with van der Waals surface area (Å²) in [6.07, 6.45) is 1.33. The minimum atomic E-state index is -0.395. The topological polar surface area (TPSA) is 77.2 Å². The Labute approximate surface area is 125 Å². The summed E-state index contributed by atoms with van der Waals surface area (Å²) in [4.78, 5) is 15.9. The maximum Gasteiger partial charge on any atom is 0.257 e. The van der Waals surface area contributed by atoms with Gasteiger partial charge >= 0.3 is 0 Å². The number of nitrogens with zero attached hydrogens (tertiary/aromatic N) is 1. The van der Waals surface area contributed by atoms with Crippen LogP contribution in [0.1, 0.15) is 10.4 Å². The van der Waals surface area contributed by atoms with Crippen molar-refractivity contribution in [1.29, 1.82) is 0 Å². The number of nitrogens with two attached hydrogens (primary N) is 1. The van der Waals surface area contributed by atoms with Gasteiger partial charge in [0, 0.05) is 18.0 Å². The molecule has 3 N–H and O–H groups in total. The molecule has 2 aromatic rings. The predicted octanol–water partition coefficient (Wildman–Crippen LogP) is 3.23. The van der Waals surface area contributed by atoms with E-state index in [9.17, 15) is 4.79 Å². The van der Waals surface area contributed by atoms with Gasteiger partial charge in [0.15, 0.2) is 0 Å². The van der Waals surface area contributed by atoms with Gasteiger partial charge < -0.3 is 15.8 Å². The number of nitrogen functional groups attached to an aromatic ring is 1. The van der Waals surface area contributed by atoms with Gasteiger partial charge in [0.1, 0.15) is 11.6 Å². The number of hydrogen-bond donors (Lipinski definition) is 2. The van der Waals surface area contributed by atoms with Crippen molar-refractivity contribution in [2.45, 2.75) is 0 Å². The fourth-order valence-electron chi connectivity index (χ4n) is 1.56. The Morgan fingerprint density at radius 2 is 2.05 bits per heavy atom. The lowest BCUT2D eigenvalue weighted by atomic mass is 10.2. The number of amides is 1. The van der Waals surface area contributed by atoms with Gasteiger partial charge in [0.25, 0.3) is 5.91 Å². The minimum absolute atomic E-state index is 0.216. The number of pyridine rings is 1. The zero-order valence-electron chi connectivity index (χ0n) is 10.5. The summed E-state index contributed by atoms with van der Waals surface area (Å²) in [5.41, 5.74) is 6.31. The van der Waals surface area contributed by atoms with Gasteiger partial charge in [-0.25, -0.2) is 4.98 Å². The van der Waals surface area contributed by atoms with E-state index in [-0.39, 0.29) is 16.4 Å². The molecule has 5 nitrogen and oxygen atoms in total. The summed E-state index contributed by atoms with van der Waals surface area (Å²) in [5.74, 6) is 0.284. The Bertz CT molecular complexity index is 662. The highest BCUT2D eigenvalue weighted by Crippen LogP contribution is 2.28. The van der Waals surface area contributed by atoms with Crippen molar-refractivity contribution in [3.05, 3.63) is 46.1 Å². The number of rotatable bonds is 3. The van der Waals surface area contributed by atoms with E-state index in [2.05, 4.69) is 10.3 Å². The molecule has 0 saturated carbocycles. The first-order valence-electron chi connectivity index (χ1n) is 5.57. The number of hydrogen-bond acceptors (Lipinski definition) is 4. The van der Waals surface area contributed by atoms with Crippen LogP contribution in [0, 0.1) is 0 Å². The number of carbonyl (C=O) groups is 1. The fraction of sp³-hybridized carbons (Fsp3) is 0.0769. The van der Waals surface area contributed by atoms with Crippen LogP contribution in [0.5, 0.6) is 5.75 Å². The molecule has 2 rings (SSSR count). The number of benzene rings is 1. The molecule has 1 heterocycles. The van der Waals surface area contributed by atoms with Gasteiger partial charge in [-0.1, -0.05) is 23.2 Å². The third-order valence-corrected chi connectivity index (χ3v) is 3.14. The molecule has 1 aromatic carbocycles. The first kappa shape index (κ1) is 14.4. The number of methoxy groups -OCH3 is 1. The van der Waals surface area contributed by atoms with E-state index >= 15 is 0 Å². The van der Waals surface area contributed by atoms with Gasteiger partial charge in [0.05, 0.1) is 22.7 Å².